The molecule has 0 saturated carbocycles. The number of nitrogens with zero attached hydrogens (tertiary/aromatic N) is 4. The first-order chi connectivity index (χ1) is 13.8. The maximum Gasteiger partial charge on any atom is 0.277 e. The molecular formula is C21H22N4O2S. The van der Waals surface area contributed by atoms with Crippen molar-refractivity contribution in [3.05, 3.63) is 82.3 Å². The van der Waals surface area contributed by atoms with Gasteiger partial charge in [-0.25, -0.2) is 9.97 Å². The Kier molecular flexibility index (Phi) is 6.14. The molecular weight excluding hydrogens is 372 g/mol. The minimum absolute atomic E-state index is 0.174. The Hall–Kier alpha value is -2.51. The van der Waals surface area contributed by atoms with Crippen molar-refractivity contribution in [1.82, 2.24) is 19.5 Å². The fourth-order valence-corrected chi connectivity index (χ4v) is 4.19. The summed E-state index contributed by atoms with van der Waals surface area (Å²) in [5, 5.41) is 0.734. The number of benzene rings is 1. The van der Waals surface area contributed by atoms with Crippen molar-refractivity contribution in [2.45, 2.75) is 42.8 Å². The highest BCUT2D eigenvalue weighted by Gasteiger charge is 2.19. The van der Waals surface area contributed by atoms with Gasteiger partial charge in [0.25, 0.3) is 5.56 Å². The van der Waals surface area contributed by atoms with Gasteiger partial charge in [-0.2, -0.15) is 4.98 Å². The summed E-state index contributed by atoms with van der Waals surface area (Å²) in [6.45, 7) is 1.52. The third-order valence-corrected chi connectivity index (χ3v) is 5.73. The third-order valence-electron chi connectivity index (χ3n) is 4.67. The summed E-state index contributed by atoms with van der Waals surface area (Å²) in [5.41, 5.74) is 2.56. The van der Waals surface area contributed by atoms with Gasteiger partial charge in [0.1, 0.15) is 6.33 Å². The second-order valence-corrected chi connectivity index (χ2v) is 7.78. The fourth-order valence-electron chi connectivity index (χ4n) is 3.26. The van der Waals surface area contributed by atoms with Crippen LogP contribution in [0.5, 0.6) is 0 Å². The molecule has 0 amide bonds. The van der Waals surface area contributed by atoms with Crippen LogP contribution in [0.2, 0.25) is 0 Å². The van der Waals surface area contributed by atoms with Crippen LogP contribution in [0.4, 0.5) is 0 Å². The summed E-state index contributed by atoms with van der Waals surface area (Å²) in [4.78, 5) is 25.1. The molecule has 1 aromatic carbocycles. The van der Waals surface area contributed by atoms with E-state index in [4.69, 9.17) is 4.74 Å². The van der Waals surface area contributed by atoms with Gasteiger partial charge in [-0.05, 0) is 24.0 Å². The Bertz CT molecular complexity index is 957. The highest BCUT2D eigenvalue weighted by molar-refractivity contribution is 7.98. The molecule has 1 fully saturated rings. The molecule has 1 atom stereocenters. The third kappa shape index (κ3) is 4.85. The van der Waals surface area contributed by atoms with Crippen molar-refractivity contribution in [2.75, 3.05) is 6.61 Å². The van der Waals surface area contributed by atoms with E-state index < -0.39 is 0 Å². The molecule has 0 N–H and O–H groups in total. The van der Waals surface area contributed by atoms with E-state index in [9.17, 15) is 4.79 Å². The summed E-state index contributed by atoms with van der Waals surface area (Å²) in [7, 11) is 0. The van der Waals surface area contributed by atoms with E-state index in [1.165, 1.54) is 11.9 Å². The van der Waals surface area contributed by atoms with E-state index in [0.29, 0.717) is 18.5 Å². The predicted octanol–water partition coefficient (Wildman–Crippen LogP) is 3.10. The molecule has 6 nitrogen and oxygen atoms in total. The van der Waals surface area contributed by atoms with Gasteiger partial charge in [0, 0.05) is 42.9 Å². The van der Waals surface area contributed by atoms with Crippen molar-refractivity contribution in [3.8, 4) is 0 Å². The predicted molar refractivity (Wildman–Crippen MR) is 108 cm³/mol. The Morgan fingerprint density at radius 3 is 2.71 bits per heavy atom. The lowest BCUT2D eigenvalue weighted by atomic mass is 10.1. The van der Waals surface area contributed by atoms with Crippen LogP contribution in [0.15, 0.2) is 65.2 Å². The average Bonchev–Trinajstić information content (AvgIpc) is 3.24. The Morgan fingerprint density at radius 2 is 1.96 bits per heavy atom. The van der Waals surface area contributed by atoms with Gasteiger partial charge in [-0.3, -0.25) is 4.79 Å². The monoisotopic (exact) mass is 394 g/mol. The van der Waals surface area contributed by atoms with Gasteiger partial charge in [-0.1, -0.05) is 42.1 Å². The lowest BCUT2D eigenvalue weighted by Gasteiger charge is -2.17. The molecule has 0 spiro atoms. The molecule has 3 aromatic rings. The van der Waals surface area contributed by atoms with Crippen LogP contribution in [-0.2, 0) is 23.5 Å². The fraction of sp³-hybridized carbons (Fsp3) is 0.333. The molecule has 1 aliphatic heterocycles. The summed E-state index contributed by atoms with van der Waals surface area (Å²) >= 11 is 1.58. The van der Waals surface area contributed by atoms with E-state index in [1.54, 1.807) is 24.2 Å². The lowest BCUT2D eigenvalue weighted by Crippen LogP contribution is -2.23. The van der Waals surface area contributed by atoms with Gasteiger partial charge in [0.15, 0.2) is 5.16 Å². The largest absolute Gasteiger partial charge is 0.376 e. The van der Waals surface area contributed by atoms with Gasteiger partial charge >= 0.3 is 0 Å². The van der Waals surface area contributed by atoms with E-state index in [1.807, 2.05) is 24.4 Å². The smallest absolute Gasteiger partial charge is 0.277 e. The Labute approximate surface area is 168 Å². The molecule has 0 aliphatic carbocycles. The van der Waals surface area contributed by atoms with E-state index in [0.717, 1.165) is 35.9 Å². The SMILES string of the molecule is O=c1nc(SCc2ccccc2)n(C[C@H]2CCCO2)cc1Cc1cncnc1. The van der Waals surface area contributed by atoms with Crippen LogP contribution >= 0.6 is 11.8 Å². The van der Waals surface area contributed by atoms with E-state index in [-0.39, 0.29) is 11.7 Å². The van der Waals surface area contributed by atoms with Gasteiger partial charge in [0.2, 0.25) is 0 Å². The standard InChI is InChI=1S/C21H22N4O2S/c26-20-18(9-17-10-22-15-23-11-17)12-25(13-19-7-4-8-27-19)21(24-20)28-14-16-5-2-1-3-6-16/h1-3,5-6,10-12,15,19H,4,7-9,13-14H2/t19-/m1/s1. The summed E-state index contributed by atoms with van der Waals surface area (Å²) in [6, 6.07) is 10.2. The minimum atomic E-state index is -0.192. The topological polar surface area (TPSA) is 69.9 Å². The summed E-state index contributed by atoms with van der Waals surface area (Å²) in [6.07, 6.45) is 9.65. The second-order valence-electron chi connectivity index (χ2n) is 6.84. The molecule has 3 heterocycles. The maximum absolute atomic E-state index is 12.6. The first kappa shape index (κ1) is 18.8. The highest BCUT2D eigenvalue weighted by atomic mass is 32.2. The molecule has 1 saturated heterocycles. The van der Waals surface area contributed by atoms with E-state index in [2.05, 4.69) is 31.7 Å². The molecule has 28 heavy (non-hydrogen) atoms. The lowest BCUT2D eigenvalue weighted by molar-refractivity contribution is 0.0943. The van der Waals surface area contributed by atoms with Crippen LogP contribution in [0.25, 0.3) is 0 Å². The van der Waals surface area contributed by atoms with Gasteiger partial charge in [-0.15, -0.1) is 0 Å². The van der Waals surface area contributed by atoms with Gasteiger partial charge in [0.05, 0.1) is 12.6 Å². The van der Waals surface area contributed by atoms with Crippen molar-refractivity contribution in [3.63, 3.8) is 0 Å². The first-order valence-electron chi connectivity index (χ1n) is 9.40. The zero-order valence-electron chi connectivity index (χ0n) is 15.5. The number of thioether (sulfide) groups is 1. The molecule has 4 rings (SSSR count). The molecule has 0 radical (unpaired) electrons. The summed E-state index contributed by atoms with van der Waals surface area (Å²) in [5.74, 6) is 0.769. The Morgan fingerprint density at radius 1 is 1.14 bits per heavy atom. The van der Waals surface area contributed by atoms with Gasteiger partial charge < -0.3 is 9.30 Å². The molecule has 0 bridgehead atoms. The highest BCUT2D eigenvalue weighted by Crippen LogP contribution is 2.23. The molecule has 7 heteroatoms. The average molecular weight is 395 g/mol. The Balaban J connectivity index is 1.59. The minimum Gasteiger partial charge on any atom is -0.376 e. The van der Waals surface area contributed by atoms with Crippen LogP contribution < -0.4 is 5.56 Å². The van der Waals surface area contributed by atoms with E-state index >= 15 is 0 Å². The molecule has 1 aliphatic rings. The molecule has 2 aromatic heterocycles. The zero-order chi connectivity index (χ0) is 19.2. The molecule has 144 valence electrons. The zero-order valence-corrected chi connectivity index (χ0v) is 16.3. The maximum atomic E-state index is 12.6. The van der Waals surface area contributed by atoms with Crippen molar-refractivity contribution in [2.24, 2.45) is 0 Å². The van der Waals surface area contributed by atoms with Crippen molar-refractivity contribution < 1.29 is 4.74 Å². The van der Waals surface area contributed by atoms with Crippen LogP contribution in [0, 0.1) is 0 Å². The number of rotatable bonds is 7. The van der Waals surface area contributed by atoms with Crippen molar-refractivity contribution >= 4 is 11.8 Å². The first-order valence-corrected chi connectivity index (χ1v) is 10.4. The number of hydrogen-bond acceptors (Lipinski definition) is 6. The van der Waals surface area contributed by atoms with Crippen LogP contribution in [0.3, 0.4) is 0 Å². The quantitative estimate of drug-likeness (QED) is 0.453. The molecule has 0 unspecified atom stereocenters. The number of aromatic nitrogens is 4. The van der Waals surface area contributed by atoms with Crippen molar-refractivity contribution in [1.29, 1.82) is 0 Å². The summed E-state index contributed by atoms with van der Waals surface area (Å²) < 4.78 is 7.88. The van der Waals surface area contributed by atoms with Crippen LogP contribution in [0.1, 0.15) is 29.5 Å². The van der Waals surface area contributed by atoms with Crippen LogP contribution in [-0.4, -0.2) is 32.2 Å². The number of hydrogen-bond donors (Lipinski definition) is 0. The number of ether oxygens (including phenoxy) is 1. The normalized spacial score (nSPS) is 16.4. The second kappa shape index (κ2) is 9.12.